The fraction of sp³-hybridized carbons (Fsp3) is 0.625. The van der Waals surface area contributed by atoms with Gasteiger partial charge in [-0.25, -0.2) is 19.7 Å². The lowest BCUT2D eigenvalue weighted by Gasteiger charge is -2.17. The van der Waals surface area contributed by atoms with Gasteiger partial charge in [-0.3, -0.25) is 13.5 Å². The molecule has 0 bridgehead atoms. The molecule has 15 heteroatoms. The topological polar surface area (TPSA) is 218 Å². The molecule has 1 saturated heterocycles. The second kappa shape index (κ2) is 8.97. The van der Waals surface area contributed by atoms with Gasteiger partial charge in [-0.1, -0.05) is 13.8 Å². The first-order valence-corrected chi connectivity index (χ1v) is 10.8. The number of hydrogen-bond donors (Lipinski definition) is 5. The number of nitrogens with two attached hydrogens (primary N) is 2. The van der Waals surface area contributed by atoms with E-state index in [1.165, 1.54) is 17.2 Å². The molecule has 0 spiro atoms. The minimum Gasteiger partial charge on any atom is -0.387 e. The van der Waals surface area contributed by atoms with Gasteiger partial charge in [0.1, 0.15) is 30.2 Å². The second-order valence-electron chi connectivity index (χ2n) is 7.57. The van der Waals surface area contributed by atoms with Crippen molar-refractivity contribution in [3.63, 3.8) is 0 Å². The molecule has 5 atom stereocenters. The van der Waals surface area contributed by atoms with Crippen LogP contribution in [0, 0.1) is 5.92 Å². The lowest BCUT2D eigenvalue weighted by Crippen LogP contribution is -2.45. The van der Waals surface area contributed by atoms with Crippen LogP contribution in [0.25, 0.3) is 11.2 Å². The molecule has 0 aliphatic carbocycles. The summed E-state index contributed by atoms with van der Waals surface area (Å²) in [5, 5.41) is 20.6. The minimum atomic E-state index is -4.51. The van der Waals surface area contributed by atoms with Crippen LogP contribution in [0.1, 0.15) is 26.5 Å². The van der Waals surface area contributed by atoms with Crippen molar-refractivity contribution in [2.75, 3.05) is 12.3 Å². The van der Waals surface area contributed by atoms with Crippen LogP contribution in [-0.2, 0) is 24.0 Å². The summed E-state index contributed by atoms with van der Waals surface area (Å²) >= 11 is 0. The van der Waals surface area contributed by atoms with Crippen molar-refractivity contribution in [1.29, 1.82) is 0 Å². The Labute approximate surface area is 177 Å². The molecule has 2 aromatic rings. The number of nitrogens with zero attached hydrogens (tertiary/aromatic N) is 4. The average molecular weight is 459 g/mol. The van der Waals surface area contributed by atoms with E-state index in [2.05, 4.69) is 15.0 Å². The van der Waals surface area contributed by atoms with Crippen molar-refractivity contribution in [2.24, 2.45) is 11.7 Å². The molecule has 1 aliphatic rings. The molecule has 0 aromatic carbocycles. The summed E-state index contributed by atoms with van der Waals surface area (Å²) in [5.74, 6) is -0.708. The van der Waals surface area contributed by atoms with E-state index in [4.69, 9.17) is 20.4 Å². The summed E-state index contributed by atoms with van der Waals surface area (Å²) in [6.45, 7) is 3.01. The Bertz CT molecular complexity index is 1040. The van der Waals surface area contributed by atoms with Crippen LogP contribution in [0.15, 0.2) is 12.7 Å². The second-order valence-corrected chi connectivity index (χ2v) is 8.92. The number of ether oxygens (including phenoxy) is 1. The molecule has 3 heterocycles. The first kappa shape index (κ1) is 23.2. The Morgan fingerprint density at radius 2 is 2.03 bits per heavy atom. The largest absolute Gasteiger partial charge is 0.387 e. The Kier molecular flexibility index (Phi) is 6.73. The number of amides is 1. The lowest BCUT2D eigenvalue weighted by atomic mass is 10.0. The van der Waals surface area contributed by atoms with Gasteiger partial charge < -0.3 is 26.4 Å². The van der Waals surface area contributed by atoms with E-state index in [0.29, 0.717) is 0 Å². The average Bonchev–Trinajstić information content (AvgIpc) is 3.22. The van der Waals surface area contributed by atoms with E-state index in [9.17, 15) is 23.4 Å². The predicted molar refractivity (Wildman–Crippen MR) is 106 cm³/mol. The maximum Gasteiger partial charge on any atom is 0.362 e. The number of aliphatic hydroxyl groups excluding tert-OH is 2. The molecule has 0 saturated carbocycles. The van der Waals surface area contributed by atoms with Crippen LogP contribution in [-0.4, -0.2) is 75.0 Å². The van der Waals surface area contributed by atoms with Gasteiger partial charge in [-0.15, -0.1) is 0 Å². The van der Waals surface area contributed by atoms with Crippen molar-refractivity contribution in [3.05, 3.63) is 12.7 Å². The van der Waals surface area contributed by atoms with Crippen LogP contribution in [0.2, 0.25) is 0 Å². The predicted octanol–water partition coefficient (Wildman–Crippen LogP) is -2.22. The highest BCUT2D eigenvalue weighted by Gasteiger charge is 2.45. The highest BCUT2D eigenvalue weighted by molar-refractivity contribution is 7.85. The van der Waals surface area contributed by atoms with E-state index in [1.807, 2.05) is 13.8 Å². The number of imidazole rings is 1. The fourth-order valence-electron chi connectivity index (χ4n) is 3.15. The van der Waals surface area contributed by atoms with Crippen molar-refractivity contribution in [1.82, 2.24) is 24.2 Å². The number of carbonyl (C=O) groups excluding carboxylic acids is 1. The Hall–Kier alpha value is -2.43. The number of aliphatic hydroxyl groups is 2. The number of nitrogen functional groups attached to an aromatic ring is 1. The summed E-state index contributed by atoms with van der Waals surface area (Å²) in [6.07, 6.45) is -2.52. The third-order valence-electron chi connectivity index (χ3n) is 4.67. The summed E-state index contributed by atoms with van der Waals surface area (Å²) in [4.78, 5) is 23.8. The Morgan fingerprint density at radius 3 is 2.71 bits per heavy atom. The highest BCUT2D eigenvalue weighted by Crippen LogP contribution is 2.32. The molecule has 3 rings (SSSR count). The number of anilines is 1. The van der Waals surface area contributed by atoms with Crippen molar-refractivity contribution < 1.29 is 32.3 Å². The van der Waals surface area contributed by atoms with Crippen LogP contribution >= 0.6 is 0 Å². The van der Waals surface area contributed by atoms with Gasteiger partial charge in [-0.2, -0.15) is 8.42 Å². The maximum atomic E-state index is 12.0. The fourth-order valence-corrected chi connectivity index (χ4v) is 3.92. The monoisotopic (exact) mass is 459 g/mol. The summed E-state index contributed by atoms with van der Waals surface area (Å²) in [6, 6.07) is -1.03. The van der Waals surface area contributed by atoms with E-state index in [1.54, 1.807) is 4.72 Å². The van der Waals surface area contributed by atoms with Gasteiger partial charge in [0.2, 0.25) is 0 Å². The van der Waals surface area contributed by atoms with E-state index >= 15 is 0 Å². The van der Waals surface area contributed by atoms with Crippen molar-refractivity contribution >= 4 is 33.2 Å². The zero-order chi connectivity index (χ0) is 22.9. The van der Waals surface area contributed by atoms with Crippen LogP contribution < -0.4 is 16.2 Å². The van der Waals surface area contributed by atoms with Gasteiger partial charge >= 0.3 is 10.3 Å². The van der Waals surface area contributed by atoms with E-state index in [0.717, 1.165) is 0 Å². The molecule has 1 aliphatic heterocycles. The quantitative estimate of drug-likeness (QED) is 0.283. The third kappa shape index (κ3) is 5.08. The van der Waals surface area contributed by atoms with Gasteiger partial charge in [0.25, 0.3) is 5.91 Å². The highest BCUT2D eigenvalue weighted by atomic mass is 32.2. The molecular formula is C16H25N7O7S. The van der Waals surface area contributed by atoms with Crippen molar-refractivity contribution in [2.45, 2.75) is 50.8 Å². The number of aromatic nitrogens is 4. The third-order valence-corrected chi connectivity index (χ3v) is 5.57. The molecule has 1 fully saturated rings. The smallest absolute Gasteiger partial charge is 0.362 e. The summed E-state index contributed by atoms with van der Waals surface area (Å²) in [7, 11) is -4.51. The minimum absolute atomic E-state index is 0.0877. The van der Waals surface area contributed by atoms with Crippen LogP contribution in [0.4, 0.5) is 5.82 Å². The molecule has 172 valence electrons. The number of nitrogens with one attached hydrogen (secondary N) is 1. The van der Waals surface area contributed by atoms with E-state index in [-0.39, 0.29) is 29.3 Å². The first-order valence-electron chi connectivity index (χ1n) is 9.41. The SMILES string of the molecule is CC(C)C[C@H](N)C(=O)NS(=O)(=O)OC[C@H]1O[C@@H](n2cnc3c(N)ncnc32)[C@H](O)[C@@H]1O. The lowest BCUT2D eigenvalue weighted by molar-refractivity contribution is -0.121. The molecule has 31 heavy (non-hydrogen) atoms. The number of hydrogen-bond acceptors (Lipinski definition) is 12. The molecule has 1 amide bonds. The van der Waals surface area contributed by atoms with Gasteiger partial charge in [0.15, 0.2) is 17.7 Å². The van der Waals surface area contributed by atoms with Gasteiger partial charge in [0, 0.05) is 0 Å². The maximum absolute atomic E-state index is 12.0. The van der Waals surface area contributed by atoms with Gasteiger partial charge in [0.05, 0.1) is 19.0 Å². The Morgan fingerprint density at radius 1 is 1.32 bits per heavy atom. The molecule has 2 aromatic heterocycles. The zero-order valence-electron chi connectivity index (χ0n) is 16.8. The van der Waals surface area contributed by atoms with Crippen molar-refractivity contribution in [3.8, 4) is 0 Å². The first-order chi connectivity index (χ1) is 14.5. The van der Waals surface area contributed by atoms with Gasteiger partial charge in [-0.05, 0) is 12.3 Å². The molecule has 0 unspecified atom stereocenters. The standard InChI is InChI=1S/C16H25N7O7S/c1-7(2)3-8(17)15(26)22-31(27,28)29-4-9-11(24)12(25)16(30-9)23-6-21-10-13(18)19-5-20-14(10)23/h5-9,11-12,16,24-25H,3-4,17H2,1-2H3,(H,22,26)(H2,18,19,20)/t8-,9+,11+,12+,16+/m0/s1. The number of rotatable bonds is 8. The molecular weight excluding hydrogens is 434 g/mol. The number of fused-ring (bicyclic) bond motifs is 1. The number of carbonyl (C=O) groups is 1. The van der Waals surface area contributed by atoms with Crippen LogP contribution in [0.3, 0.4) is 0 Å². The van der Waals surface area contributed by atoms with Crippen LogP contribution in [0.5, 0.6) is 0 Å². The zero-order valence-corrected chi connectivity index (χ0v) is 17.6. The van der Waals surface area contributed by atoms with E-state index < -0.39 is 53.4 Å². The Balaban J connectivity index is 1.65. The molecule has 7 N–H and O–H groups in total. The molecule has 0 radical (unpaired) electrons. The normalized spacial score (nSPS) is 25.2. The molecule has 14 nitrogen and oxygen atoms in total. The summed E-state index contributed by atoms with van der Waals surface area (Å²) < 4.78 is 37.5. The summed E-state index contributed by atoms with van der Waals surface area (Å²) in [5.41, 5.74) is 11.9.